The first-order valence-corrected chi connectivity index (χ1v) is 9.64. The Balaban J connectivity index is 1.77. The lowest BCUT2D eigenvalue weighted by Gasteiger charge is -2.14. The molecule has 1 atom stereocenters. The summed E-state index contributed by atoms with van der Waals surface area (Å²) in [5, 5.41) is 13.7. The fourth-order valence-electron chi connectivity index (χ4n) is 3.90. The van der Waals surface area contributed by atoms with Gasteiger partial charge in [0.2, 0.25) is 0 Å². The molecule has 0 aliphatic rings. The van der Waals surface area contributed by atoms with Gasteiger partial charge in [-0.05, 0) is 45.0 Å². The average molecular weight is 400 g/mol. The van der Waals surface area contributed by atoms with E-state index < -0.39 is 0 Å². The SMILES string of the molecule is COc1cc2c(cc1-c1c(C)noc1C)ncc1nnn(C(C)c3ccccn3)c12. The number of ether oxygens (including phenoxy) is 1. The molecule has 0 aliphatic carbocycles. The third-order valence-corrected chi connectivity index (χ3v) is 5.40. The van der Waals surface area contributed by atoms with E-state index in [0.29, 0.717) is 5.75 Å². The largest absolute Gasteiger partial charge is 0.496 e. The first kappa shape index (κ1) is 18.2. The van der Waals surface area contributed by atoms with Crippen molar-refractivity contribution in [2.24, 2.45) is 0 Å². The molecule has 0 fully saturated rings. The molecule has 0 spiro atoms. The molecule has 5 rings (SSSR count). The second-order valence-electron chi connectivity index (χ2n) is 7.23. The molecule has 1 unspecified atom stereocenters. The lowest BCUT2D eigenvalue weighted by Crippen LogP contribution is -2.10. The highest BCUT2D eigenvalue weighted by molar-refractivity contribution is 6.04. The Labute approximate surface area is 172 Å². The van der Waals surface area contributed by atoms with Gasteiger partial charge in [0, 0.05) is 17.1 Å². The van der Waals surface area contributed by atoms with Gasteiger partial charge in [0.25, 0.3) is 0 Å². The number of aromatic nitrogens is 6. The van der Waals surface area contributed by atoms with Crippen LogP contribution in [-0.2, 0) is 0 Å². The zero-order valence-electron chi connectivity index (χ0n) is 17.1. The van der Waals surface area contributed by atoms with Crippen LogP contribution < -0.4 is 4.74 Å². The lowest BCUT2D eigenvalue weighted by atomic mass is 10.0. The third kappa shape index (κ3) is 2.72. The van der Waals surface area contributed by atoms with Gasteiger partial charge in [-0.15, -0.1) is 5.10 Å². The molecule has 150 valence electrons. The molecule has 0 aliphatic heterocycles. The van der Waals surface area contributed by atoms with Crippen LogP contribution >= 0.6 is 0 Å². The van der Waals surface area contributed by atoms with Gasteiger partial charge < -0.3 is 9.26 Å². The van der Waals surface area contributed by atoms with Crippen molar-refractivity contribution in [3.63, 3.8) is 0 Å². The molecule has 8 nitrogen and oxygen atoms in total. The molecule has 8 heteroatoms. The summed E-state index contributed by atoms with van der Waals surface area (Å²) < 4.78 is 13.0. The first-order valence-electron chi connectivity index (χ1n) is 9.64. The topological polar surface area (TPSA) is 91.8 Å². The van der Waals surface area contributed by atoms with E-state index >= 15 is 0 Å². The molecule has 0 radical (unpaired) electrons. The van der Waals surface area contributed by atoms with Crippen molar-refractivity contribution in [3.8, 4) is 16.9 Å². The molecule has 0 N–H and O–H groups in total. The molecule has 0 saturated carbocycles. The fraction of sp³-hybridized carbons (Fsp3) is 0.227. The standard InChI is InChI=1S/C22H20N6O2/c1-12-21(14(3)30-26-12)16-9-18-15(10-20(16)29-4)22-19(11-24-18)25-27-28(22)13(2)17-7-5-6-8-23-17/h5-11,13H,1-4H3. The molecule has 0 saturated heterocycles. The Hall–Kier alpha value is -3.81. The van der Waals surface area contributed by atoms with Crippen LogP contribution in [0.15, 0.2) is 47.2 Å². The van der Waals surface area contributed by atoms with Crippen LogP contribution in [0.5, 0.6) is 5.75 Å². The highest BCUT2D eigenvalue weighted by Gasteiger charge is 2.21. The van der Waals surface area contributed by atoms with Gasteiger partial charge in [0.1, 0.15) is 22.5 Å². The molecule has 0 bridgehead atoms. The molecule has 30 heavy (non-hydrogen) atoms. The normalized spacial score (nSPS) is 12.5. The Kier molecular flexibility index (Phi) is 4.20. The maximum absolute atomic E-state index is 5.74. The Morgan fingerprint density at radius 2 is 1.97 bits per heavy atom. The predicted octanol–water partition coefficient (Wildman–Crippen LogP) is 4.26. The monoisotopic (exact) mass is 400 g/mol. The highest BCUT2D eigenvalue weighted by Crippen LogP contribution is 2.39. The van der Waals surface area contributed by atoms with E-state index in [1.165, 1.54) is 0 Å². The van der Waals surface area contributed by atoms with E-state index in [4.69, 9.17) is 9.26 Å². The van der Waals surface area contributed by atoms with E-state index in [1.54, 1.807) is 19.5 Å². The van der Waals surface area contributed by atoms with Crippen molar-refractivity contribution < 1.29 is 9.26 Å². The molecule has 5 aromatic rings. The van der Waals surface area contributed by atoms with Crippen molar-refractivity contribution in [1.82, 2.24) is 30.1 Å². The number of pyridine rings is 2. The van der Waals surface area contributed by atoms with Crippen molar-refractivity contribution in [2.75, 3.05) is 7.11 Å². The van der Waals surface area contributed by atoms with Crippen LogP contribution in [0.4, 0.5) is 0 Å². The zero-order valence-corrected chi connectivity index (χ0v) is 17.1. The second-order valence-corrected chi connectivity index (χ2v) is 7.23. The minimum Gasteiger partial charge on any atom is -0.496 e. The summed E-state index contributed by atoms with van der Waals surface area (Å²) in [4.78, 5) is 9.10. The zero-order chi connectivity index (χ0) is 20.8. The van der Waals surface area contributed by atoms with Gasteiger partial charge in [-0.1, -0.05) is 16.4 Å². The maximum atomic E-state index is 5.74. The summed E-state index contributed by atoms with van der Waals surface area (Å²) in [6.45, 7) is 5.86. The lowest BCUT2D eigenvalue weighted by molar-refractivity contribution is 0.393. The van der Waals surface area contributed by atoms with Crippen LogP contribution in [0.3, 0.4) is 0 Å². The van der Waals surface area contributed by atoms with Crippen molar-refractivity contribution in [1.29, 1.82) is 0 Å². The number of benzene rings is 1. The van der Waals surface area contributed by atoms with E-state index in [1.807, 2.05) is 48.9 Å². The van der Waals surface area contributed by atoms with Crippen molar-refractivity contribution >= 4 is 21.9 Å². The number of nitrogens with zero attached hydrogens (tertiary/aromatic N) is 6. The average Bonchev–Trinajstić information content (AvgIpc) is 3.36. The molecular formula is C22H20N6O2. The molecular weight excluding hydrogens is 380 g/mol. The summed E-state index contributed by atoms with van der Waals surface area (Å²) in [6.07, 6.45) is 3.53. The van der Waals surface area contributed by atoms with Gasteiger partial charge >= 0.3 is 0 Å². The van der Waals surface area contributed by atoms with Gasteiger partial charge in [-0.3, -0.25) is 9.97 Å². The number of aryl methyl sites for hydroxylation is 2. The maximum Gasteiger partial charge on any atom is 0.141 e. The van der Waals surface area contributed by atoms with Crippen LogP contribution in [0.2, 0.25) is 0 Å². The van der Waals surface area contributed by atoms with E-state index in [0.717, 1.165) is 50.2 Å². The van der Waals surface area contributed by atoms with E-state index in [-0.39, 0.29) is 6.04 Å². The molecule has 0 amide bonds. The number of rotatable bonds is 4. The van der Waals surface area contributed by atoms with Gasteiger partial charge in [-0.2, -0.15) is 0 Å². The van der Waals surface area contributed by atoms with Crippen LogP contribution in [0.25, 0.3) is 33.1 Å². The van der Waals surface area contributed by atoms with Gasteiger partial charge in [0.05, 0.1) is 41.8 Å². The Bertz CT molecular complexity index is 1350. The summed E-state index contributed by atoms with van der Waals surface area (Å²) in [5.41, 5.74) is 5.96. The van der Waals surface area contributed by atoms with Crippen molar-refractivity contribution in [2.45, 2.75) is 26.8 Å². The summed E-state index contributed by atoms with van der Waals surface area (Å²) in [6, 6.07) is 9.75. The quantitative estimate of drug-likeness (QED) is 0.445. The fourth-order valence-corrected chi connectivity index (χ4v) is 3.90. The number of hydrogen-bond donors (Lipinski definition) is 0. The Morgan fingerprint density at radius 3 is 2.67 bits per heavy atom. The minimum atomic E-state index is -0.0879. The molecule has 1 aromatic carbocycles. The smallest absolute Gasteiger partial charge is 0.141 e. The second kappa shape index (κ2) is 6.91. The summed E-state index contributed by atoms with van der Waals surface area (Å²) in [7, 11) is 1.66. The van der Waals surface area contributed by atoms with Crippen LogP contribution in [-0.4, -0.2) is 37.2 Å². The van der Waals surface area contributed by atoms with E-state index in [2.05, 4.69) is 32.4 Å². The van der Waals surface area contributed by atoms with Crippen LogP contribution in [0.1, 0.15) is 30.1 Å². The number of methoxy groups -OCH3 is 1. The van der Waals surface area contributed by atoms with Gasteiger partial charge in [0.15, 0.2) is 0 Å². The summed E-state index contributed by atoms with van der Waals surface area (Å²) >= 11 is 0. The number of fused-ring (bicyclic) bond motifs is 3. The predicted molar refractivity (Wildman–Crippen MR) is 112 cm³/mol. The highest BCUT2D eigenvalue weighted by atomic mass is 16.5. The number of hydrogen-bond acceptors (Lipinski definition) is 7. The minimum absolute atomic E-state index is 0.0879. The van der Waals surface area contributed by atoms with Crippen LogP contribution in [0, 0.1) is 13.8 Å². The molecule has 4 heterocycles. The first-order chi connectivity index (χ1) is 14.6. The third-order valence-electron chi connectivity index (χ3n) is 5.40. The summed E-state index contributed by atoms with van der Waals surface area (Å²) in [5.74, 6) is 1.45. The Morgan fingerprint density at radius 1 is 1.10 bits per heavy atom. The van der Waals surface area contributed by atoms with Crippen molar-refractivity contribution in [3.05, 3.63) is 59.9 Å². The van der Waals surface area contributed by atoms with Gasteiger partial charge in [-0.25, -0.2) is 4.68 Å². The van der Waals surface area contributed by atoms with E-state index in [9.17, 15) is 0 Å². The molecule has 4 aromatic heterocycles.